The van der Waals surface area contributed by atoms with Crippen LogP contribution in [-0.4, -0.2) is 31.8 Å². The molecule has 0 atom stereocenters. The van der Waals surface area contributed by atoms with Crippen LogP contribution < -0.4 is 5.32 Å². The number of benzene rings is 1. The van der Waals surface area contributed by atoms with Gasteiger partial charge < -0.3 is 9.88 Å². The van der Waals surface area contributed by atoms with Crippen LogP contribution in [0.1, 0.15) is 61.5 Å². The average Bonchev–Trinajstić information content (AvgIpc) is 3.27. The zero-order chi connectivity index (χ0) is 19.2. The number of aryl methyl sites for hydroxylation is 1. The quantitative estimate of drug-likeness (QED) is 0.751. The fourth-order valence-corrected chi connectivity index (χ4v) is 3.56. The second kappa shape index (κ2) is 6.51. The SMILES string of the molecule is Cc1nc2ccccc2n1CCNC(=O)c1cc(C2CC2)n(C(C)(C)C)n1. The highest BCUT2D eigenvalue weighted by atomic mass is 16.1. The summed E-state index contributed by atoms with van der Waals surface area (Å²) in [5.41, 5.74) is 3.66. The summed E-state index contributed by atoms with van der Waals surface area (Å²) in [6.45, 7) is 9.60. The van der Waals surface area contributed by atoms with Crippen molar-refractivity contribution in [3.8, 4) is 0 Å². The van der Waals surface area contributed by atoms with Gasteiger partial charge in [-0.3, -0.25) is 9.48 Å². The minimum Gasteiger partial charge on any atom is -0.349 e. The van der Waals surface area contributed by atoms with Crippen molar-refractivity contribution < 1.29 is 4.79 Å². The van der Waals surface area contributed by atoms with Crippen molar-refractivity contribution in [2.45, 2.75) is 58.5 Å². The molecule has 1 aliphatic rings. The third kappa shape index (κ3) is 3.48. The molecule has 4 rings (SSSR count). The molecule has 0 spiro atoms. The van der Waals surface area contributed by atoms with E-state index in [4.69, 9.17) is 0 Å². The van der Waals surface area contributed by atoms with Crippen molar-refractivity contribution in [1.82, 2.24) is 24.6 Å². The molecular weight excluding hydrogens is 338 g/mol. The highest BCUT2D eigenvalue weighted by Gasteiger charge is 2.32. The van der Waals surface area contributed by atoms with Crippen LogP contribution in [0.2, 0.25) is 0 Å². The number of hydrogen-bond acceptors (Lipinski definition) is 3. The van der Waals surface area contributed by atoms with Gasteiger partial charge in [-0.05, 0) is 58.7 Å². The highest BCUT2D eigenvalue weighted by molar-refractivity contribution is 5.92. The molecule has 0 bridgehead atoms. The van der Waals surface area contributed by atoms with Gasteiger partial charge in [-0.15, -0.1) is 0 Å². The van der Waals surface area contributed by atoms with Gasteiger partial charge in [-0.1, -0.05) is 12.1 Å². The van der Waals surface area contributed by atoms with Crippen molar-refractivity contribution in [3.05, 3.63) is 47.5 Å². The van der Waals surface area contributed by atoms with Gasteiger partial charge in [0, 0.05) is 24.7 Å². The minimum atomic E-state index is -0.122. The fraction of sp³-hybridized carbons (Fsp3) is 0.476. The molecule has 0 aliphatic heterocycles. The maximum absolute atomic E-state index is 12.6. The Hall–Kier alpha value is -2.63. The lowest BCUT2D eigenvalue weighted by atomic mass is 10.1. The predicted octanol–water partition coefficient (Wildman–Crippen LogP) is 3.60. The molecule has 0 unspecified atom stereocenters. The van der Waals surface area contributed by atoms with E-state index in [1.165, 1.54) is 18.5 Å². The Morgan fingerprint density at radius 1 is 1.26 bits per heavy atom. The summed E-state index contributed by atoms with van der Waals surface area (Å²) >= 11 is 0. The number of fused-ring (bicyclic) bond motifs is 1. The molecule has 1 N–H and O–H groups in total. The topological polar surface area (TPSA) is 64.7 Å². The first-order chi connectivity index (χ1) is 12.8. The van der Waals surface area contributed by atoms with E-state index in [0.717, 1.165) is 16.9 Å². The van der Waals surface area contributed by atoms with Crippen molar-refractivity contribution in [2.75, 3.05) is 6.54 Å². The van der Waals surface area contributed by atoms with E-state index in [-0.39, 0.29) is 11.4 Å². The molecule has 2 heterocycles. The molecule has 1 aliphatic carbocycles. The molecule has 27 heavy (non-hydrogen) atoms. The van der Waals surface area contributed by atoms with Gasteiger partial charge in [0.1, 0.15) is 11.5 Å². The van der Waals surface area contributed by atoms with Crippen LogP contribution in [0.4, 0.5) is 0 Å². The molecule has 1 saturated carbocycles. The van der Waals surface area contributed by atoms with Crippen LogP contribution >= 0.6 is 0 Å². The summed E-state index contributed by atoms with van der Waals surface area (Å²) in [6, 6.07) is 10.0. The number of hydrogen-bond donors (Lipinski definition) is 1. The van der Waals surface area contributed by atoms with E-state index in [9.17, 15) is 4.79 Å². The van der Waals surface area contributed by atoms with E-state index in [2.05, 4.69) is 46.8 Å². The van der Waals surface area contributed by atoms with E-state index < -0.39 is 0 Å². The standard InChI is InChI=1S/C21H27N5O/c1-14-23-16-7-5-6-8-18(16)25(14)12-11-22-20(27)17-13-19(15-9-10-15)26(24-17)21(2,3)4/h5-8,13,15H,9-12H2,1-4H3,(H,22,27). The smallest absolute Gasteiger partial charge is 0.271 e. The van der Waals surface area contributed by atoms with Crippen LogP contribution in [0.15, 0.2) is 30.3 Å². The highest BCUT2D eigenvalue weighted by Crippen LogP contribution is 2.41. The molecule has 142 valence electrons. The predicted molar refractivity (Wildman–Crippen MR) is 106 cm³/mol. The molecular formula is C21H27N5O. The number of nitrogens with zero attached hydrogens (tertiary/aromatic N) is 4. The van der Waals surface area contributed by atoms with Gasteiger partial charge in [0.05, 0.1) is 16.6 Å². The number of nitrogens with one attached hydrogen (secondary N) is 1. The molecule has 1 aromatic carbocycles. The molecule has 2 aromatic heterocycles. The summed E-state index contributed by atoms with van der Waals surface area (Å²) in [6.07, 6.45) is 2.38. The van der Waals surface area contributed by atoms with E-state index >= 15 is 0 Å². The number of carbonyl (C=O) groups excluding carboxylic acids is 1. The molecule has 0 saturated heterocycles. The van der Waals surface area contributed by atoms with Crippen molar-refractivity contribution >= 4 is 16.9 Å². The number of aromatic nitrogens is 4. The summed E-state index contributed by atoms with van der Waals surface area (Å²) in [4.78, 5) is 17.2. The Morgan fingerprint density at radius 3 is 2.70 bits per heavy atom. The van der Waals surface area contributed by atoms with Crippen LogP contribution in [0.5, 0.6) is 0 Å². The molecule has 0 radical (unpaired) electrons. The summed E-state index contributed by atoms with van der Waals surface area (Å²) in [5.74, 6) is 1.40. The molecule has 1 fully saturated rings. The van der Waals surface area contributed by atoms with Crippen molar-refractivity contribution in [2.24, 2.45) is 0 Å². The molecule has 3 aromatic rings. The minimum absolute atomic E-state index is 0.109. The van der Waals surface area contributed by atoms with E-state index in [1.807, 2.05) is 35.9 Å². The number of para-hydroxylation sites is 2. The van der Waals surface area contributed by atoms with Gasteiger partial charge in [-0.25, -0.2) is 4.98 Å². The van der Waals surface area contributed by atoms with Crippen molar-refractivity contribution in [1.29, 1.82) is 0 Å². The lowest BCUT2D eigenvalue weighted by Crippen LogP contribution is -2.29. The summed E-state index contributed by atoms with van der Waals surface area (Å²) < 4.78 is 4.16. The van der Waals surface area contributed by atoms with Gasteiger partial charge >= 0.3 is 0 Å². The first-order valence-corrected chi connectivity index (χ1v) is 9.65. The Balaban J connectivity index is 1.46. The Morgan fingerprint density at radius 2 is 2.00 bits per heavy atom. The van der Waals surface area contributed by atoms with Gasteiger partial charge in [0.15, 0.2) is 0 Å². The normalized spacial score (nSPS) is 14.7. The monoisotopic (exact) mass is 365 g/mol. The van der Waals surface area contributed by atoms with Gasteiger partial charge in [-0.2, -0.15) is 5.10 Å². The van der Waals surface area contributed by atoms with Crippen LogP contribution in [0.25, 0.3) is 11.0 Å². The average molecular weight is 365 g/mol. The van der Waals surface area contributed by atoms with Gasteiger partial charge in [0.25, 0.3) is 5.91 Å². The summed E-state index contributed by atoms with van der Waals surface area (Å²) in [5, 5.41) is 7.63. The summed E-state index contributed by atoms with van der Waals surface area (Å²) in [7, 11) is 0. The number of amides is 1. The molecule has 1 amide bonds. The maximum atomic E-state index is 12.6. The van der Waals surface area contributed by atoms with Gasteiger partial charge in [0.2, 0.25) is 0 Å². The number of carbonyl (C=O) groups is 1. The lowest BCUT2D eigenvalue weighted by Gasteiger charge is -2.22. The van der Waals surface area contributed by atoms with E-state index in [0.29, 0.717) is 24.7 Å². The van der Waals surface area contributed by atoms with Crippen LogP contribution in [0.3, 0.4) is 0 Å². The Kier molecular flexibility index (Phi) is 4.29. The second-order valence-electron chi connectivity index (χ2n) is 8.37. The third-order valence-corrected chi connectivity index (χ3v) is 5.07. The largest absolute Gasteiger partial charge is 0.349 e. The Bertz CT molecular complexity index is 988. The molecule has 6 heteroatoms. The molecule has 6 nitrogen and oxygen atoms in total. The zero-order valence-corrected chi connectivity index (χ0v) is 16.5. The first-order valence-electron chi connectivity index (χ1n) is 9.65. The number of rotatable bonds is 5. The number of imidazole rings is 1. The lowest BCUT2D eigenvalue weighted by molar-refractivity contribution is 0.0945. The van der Waals surface area contributed by atoms with E-state index in [1.54, 1.807) is 0 Å². The van der Waals surface area contributed by atoms with Crippen molar-refractivity contribution in [3.63, 3.8) is 0 Å². The second-order valence-corrected chi connectivity index (χ2v) is 8.37. The fourth-order valence-electron chi connectivity index (χ4n) is 3.56. The zero-order valence-electron chi connectivity index (χ0n) is 16.5. The van der Waals surface area contributed by atoms with Crippen LogP contribution in [0, 0.1) is 6.92 Å². The van der Waals surface area contributed by atoms with Crippen LogP contribution in [-0.2, 0) is 12.1 Å². The third-order valence-electron chi connectivity index (χ3n) is 5.07. The first kappa shape index (κ1) is 17.8. The Labute approximate surface area is 159 Å². The maximum Gasteiger partial charge on any atom is 0.271 e.